The maximum atomic E-state index is 12.9. The highest BCUT2D eigenvalue weighted by Gasteiger charge is 2.61. The summed E-state index contributed by atoms with van der Waals surface area (Å²) in [5, 5.41) is 2.21. The lowest BCUT2D eigenvalue weighted by molar-refractivity contribution is -0.166. The fourth-order valence-corrected chi connectivity index (χ4v) is 3.93. The molecule has 1 aliphatic rings. The number of thioether (sulfide) groups is 1. The van der Waals surface area contributed by atoms with Crippen LogP contribution in [0.15, 0.2) is 20.9 Å². The molecule has 1 fully saturated rings. The summed E-state index contributed by atoms with van der Waals surface area (Å²) in [4.78, 5) is 16.6. The molecule has 0 bridgehead atoms. The molecule has 1 saturated heterocycles. The normalized spacial score (nSPS) is 26.9. The number of rotatable bonds is 2. The molecule has 1 aromatic rings. The van der Waals surface area contributed by atoms with Crippen LogP contribution < -0.4 is 5.32 Å². The fourth-order valence-electron chi connectivity index (χ4n) is 1.52. The van der Waals surface area contributed by atoms with Gasteiger partial charge in [-0.1, -0.05) is 11.8 Å². The number of nitrogens with one attached hydrogen (secondary N) is 1. The van der Waals surface area contributed by atoms with E-state index in [2.05, 4.69) is 26.2 Å². The van der Waals surface area contributed by atoms with Crippen molar-refractivity contribution < 1.29 is 18.0 Å². The Kier molecular flexibility index (Phi) is 4.23. The molecule has 1 N–H and O–H groups in total. The second-order valence-electron chi connectivity index (χ2n) is 4.34. The Morgan fingerprint density at radius 2 is 2.10 bits per heavy atom. The zero-order valence-corrected chi connectivity index (χ0v) is 13.6. The van der Waals surface area contributed by atoms with Gasteiger partial charge in [-0.2, -0.15) is 13.2 Å². The van der Waals surface area contributed by atoms with Crippen molar-refractivity contribution in [3.8, 4) is 0 Å². The molecule has 3 nitrogen and oxygen atoms in total. The van der Waals surface area contributed by atoms with Gasteiger partial charge in [-0.25, -0.2) is 0 Å². The lowest BCUT2D eigenvalue weighted by Gasteiger charge is -2.21. The van der Waals surface area contributed by atoms with Crippen molar-refractivity contribution in [1.82, 2.24) is 5.32 Å². The van der Waals surface area contributed by atoms with Crippen molar-refractivity contribution in [1.29, 1.82) is 0 Å². The van der Waals surface area contributed by atoms with Crippen LogP contribution >= 0.6 is 39.0 Å². The maximum absolute atomic E-state index is 12.9. The van der Waals surface area contributed by atoms with Crippen molar-refractivity contribution in [2.75, 3.05) is 0 Å². The van der Waals surface area contributed by atoms with Gasteiger partial charge in [0.25, 0.3) is 5.91 Å². The third-order valence-electron chi connectivity index (χ3n) is 2.81. The largest absolute Gasteiger partial charge is 0.412 e. The van der Waals surface area contributed by atoms with E-state index in [1.165, 1.54) is 11.3 Å². The summed E-state index contributed by atoms with van der Waals surface area (Å²) in [6, 6.07) is 3.37. The van der Waals surface area contributed by atoms with E-state index in [-0.39, 0.29) is 11.2 Å². The number of amides is 1. The molecule has 1 amide bonds. The monoisotopic (exact) mass is 386 g/mol. The van der Waals surface area contributed by atoms with Crippen LogP contribution in [0.1, 0.15) is 24.8 Å². The Morgan fingerprint density at radius 3 is 2.55 bits per heavy atom. The average Bonchev–Trinajstić information content (AvgIpc) is 2.84. The standard InChI is InChI=1S/C11H10BrF3N2OS2/c1-5(6-3-4-7(12)19-6)16-9-17-8(18)10(2,20-9)11(13,14)15/h3-5H,1-2H3,(H,16,17,18). The molecule has 9 heteroatoms. The SMILES string of the molecule is CC(N=C1NC(=O)C(C)(C(F)(F)F)S1)c1ccc(Br)s1. The quantitative estimate of drug-likeness (QED) is 0.830. The van der Waals surface area contributed by atoms with Crippen molar-refractivity contribution in [2.45, 2.75) is 30.8 Å². The van der Waals surface area contributed by atoms with Crippen LogP contribution in [0.3, 0.4) is 0 Å². The second kappa shape index (κ2) is 5.34. The Labute approximate surface area is 130 Å². The Morgan fingerprint density at radius 1 is 1.45 bits per heavy atom. The number of nitrogens with zero attached hydrogens (tertiary/aromatic N) is 1. The summed E-state index contributed by atoms with van der Waals surface area (Å²) < 4.78 is 37.1. The van der Waals surface area contributed by atoms with Crippen molar-refractivity contribution in [3.05, 3.63) is 20.8 Å². The molecule has 1 aromatic heterocycles. The number of alkyl halides is 3. The predicted molar refractivity (Wildman–Crippen MR) is 78.1 cm³/mol. The third kappa shape index (κ3) is 2.89. The van der Waals surface area contributed by atoms with Gasteiger partial charge in [-0.05, 0) is 41.9 Å². The number of thiophene rings is 1. The molecule has 2 rings (SSSR count). The van der Waals surface area contributed by atoms with E-state index in [1.807, 2.05) is 12.1 Å². The molecule has 0 saturated carbocycles. The molecule has 20 heavy (non-hydrogen) atoms. The molecule has 110 valence electrons. The predicted octanol–water partition coefficient (Wildman–Crippen LogP) is 4.11. The summed E-state index contributed by atoms with van der Waals surface area (Å²) in [5.74, 6) is -1.08. The Balaban J connectivity index is 2.20. The topological polar surface area (TPSA) is 41.5 Å². The zero-order valence-electron chi connectivity index (χ0n) is 10.4. The van der Waals surface area contributed by atoms with Crippen LogP contribution in [0.5, 0.6) is 0 Å². The van der Waals surface area contributed by atoms with E-state index in [9.17, 15) is 18.0 Å². The van der Waals surface area contributed by atoms with E-state index in [0.29, 0.717) is 11.8 Å². The van der Waals surface area contributed by atoms with Crippen LogP contribution in [0.2, 0.25) is 0 Å². The third-order valence-corrected chi connectivity index (χ3v) is 5.83. The summed E-state index contributed by atoms with van der Waals surface area (Å²) in [6.45, 7) is 2.63. The number of hydrogen-bond donors (Lipinski definition) is 1. The van der Waals surface area contributed by atoms with Gasteiger partial charge in [0.2, 0.25) is 0 Å². The van der Waals surface area contributed by atoms with Crippen LogP contribution in [0.4, 0.5) is 13.2 Å². The number of halogens is 4. The zero-order chi connectivity index (χ0) is 15.1. The van der Waals surface area contributed by atoms with Gasteiger partial charge < -0.3 is 5.32 Å². The molecule has 0 aromatic carbocycles. The summed E-state index contributed by atoms with van der Waals surface area (Å²) in [5.41, 5.74) is 0. The fraction of sp³-hybridized carbons (Fsp3) is 0.455. The van der Waals surface area contributed by atoms with Gasteiger partial charge in [-0.3, -0.25) is 9.79 Å². The number of amidine groups is 1. The van der Waals surface area contributed by atoms with Crippen LogP contribution in [-0.4, -0.2) is 22.0 Å². The molecule has 2 heterocycles. The van der Waals surface area contributed by atoms with Gasteiger partial charge in [0.1, 0.15) is 0 Å². The number of carbonyl (C=O) groups is 1. The molecule has 0 aliphatic carbocycles. The molecular weight excluding hydrogens is 377 g/mol. The van der Waals surface area contributed by atoms with E-state index < -0.39 is 16.8 Å². The van der Waals surface area contributed by atoms with Gasteiger partial charge in [0.15, 0.2) is 9.91 Å². The number of carbonyl (C=O) groups excluding carboxylic acids is 1. The first kappa shape index (κ1) is 15.8. The molecule has 0 spiro atoms. The molecule has 2 unspecified atom stereocenters. The number of hydrogen-bond acceptors (Lipinski definition) is 4. The molecule has 1 aliphatic heterocycles. The van der Waals surface area contributed by atoms with E-state index in [4.69, 9.17) is 0 Å². The van der Waals surface area contributed by atoms with Crippen LogP contribution in [0.25, 0.3) is 0 Å². The van der Waals surface area contributed by atoms with Crippen molar-refractivity contribution in [3.63, 3.8) is 0 Å². The van der Waals surface area contributed by atoms with Crippen LogP contribution in [-0.2, 0) is 4.79 Å². The number of aliphatic imine (C=N–C) groups is 1. The lowest BCUT2D eigenvalue weighted by atomic mass is 10.1. The second-order valence-corrected chi connectivity index (χ2v) is 8.24. The Bertz CT molecular complexity index is 572. The van der Waals surface area contributed by atoms with E-state index in [0.717, 1.165) is 15.6 Å². The highest BCUT2D eigenvalue weighted by Crippen LogP contribution is 2.45. The molecule has 0 radical (unpaired) electrons. The smallest absolute Gasteiger partial charge is 0.304 e. The van der Waals surface area contributed by atoms with Gasteiger partial charge in [0, 0.05) is 4.88 Å². The van der Waals surface area contributed by atoms with Gasteiger partial charge in [0.05, 0.1) is 9.83 Å². The van der Waals surface area contributed by atoms with Gasteiger partial charge >= 0.3 is 6.18 Å². The highest BCUT2D eigenvalue weighted by atomic mass is 79.9. The summed E-state index contributed by atoms with van der Waals surface area (Å²) in [7, 11) is 0. The minimum atomic E-state index is -4.62. The van der Waals surface area contributed by atoms with Crippen molar-refractivity contribution >= 4 is 50.1 Å². The average molecular weight is 387 g/mol. The minimum Gasteiger partial charge on any atom is -0.304 e. The van der Waals surface area contributed by atoms with Gasteiger partial charge in [-0.15, -0.1) is 11.3 Å². The van der Waals surface area contributed by atoms with E-state index >= 15 is 0 Å². The summed E-state index contributed by atoms with van der Waals surface area (Å²) in [6.07, 6.45) is -4.62. The maximum Gasteiger partial charge on any atom is 0.412 e. The summed E-state index contributed by atoms with van der Waals surface area (Å²) >= 11 is 5.18. The first-order valence-corrected chi connectivity index (χ1v) is 7.96. The lowest BCUT2D eigenvalue weighted by Crippen LogP contribution is -2.46. The van der Waals surface area contributed by atoms with Crippen LogP contribution in [0, 0.1) is 0 Å². The van der Waals surface area contributed by atoms with E-state index in [1.54, 1.807) is 6.92 Å². The first-order chi connectivity index (χ1) is 9.13. The molecular formula is C11H10BrF3N2OS2. The highest BCUT2D eigenvalue weighted by molar-refractivity contribution is 9.11. The first-order valence-electron chi connectivity index (χ1n) is 5.54. The molecule has 2 atom stereocenters. The minimum absolute atomic E-state index is 0.00634. The van der Waals surface area contributed by atoms with Crippen molar-refractivity contribution in [2.24, 2.45) is 4.99 Å². The Hall–Kier alpha value is -0.540.